The van der Waals surface area contributed by atoms with Gasteiger partial charge < -0.3 is 9.47 Å². The fourth-order valence-corrected chi connectivity index (χ4v) is 1.77. The van der Waals surface area contributed by atoms with Crippen molar-refractivity contribution in [2.75, 3.05) is 0 Å². The zero-order valence-electron chi connectivity index (χ0n) is 9.28. The summed E-state index contributed by atoms with van der Waals surface area (Å²) in [4.78, 5) is 22.9. The van der Waals surface area contributed by atoms with E-state index >= 15 is 0 Å². The highest BCUT2D eigenvalue weighted by Crippen LogP contribution is 2.27. The van der Waals surface area contributed by atoms with Gasteiger partial charge in [-0.2, -0.15) is 0 Å². The molecule has 0 amide bonds. The third-order valence-electron chi connectivity index (χ3n) is 2.33. The van der Waals surface area contributed by atoms with Crippen molar-refractivity contribution in [1.29, 1.82) is 0 Å². The zero-order chi connectivity index (χ0) is 13.3. The van der Waals surface area contributed by atoms with Gasteiger partial charge in [0.25, 0.3) is 6.29 Å². The van der Waals surface area contributed by atoms with E-state index in [0.29, 0.717) is 5.57 Å². The lowest BCUT2D eigenvalue weighted by Gasteiger charge is -2.10. The minimum absolute atomic E-state index is 0.106. The molecule has 0 aromatic heterocycles. The molecule has 94 valence electrons. The summed E-state index contributed by atoms with van der Waals surface area (Å²) in [5, 5.41) is 0.357. The average molecular weight is 287 g/mol. The predicted octanol–water partition coefficient (Wildman–Crippen LogP) is 2.98. The molecule has 1 aliphatic rings. The maximum Gasteiger partial charge on any atom is 0.343 e. The lowest BCUT2D eigenvalue weighted by Crippen LogP contribution is -2.18. The third-order valence-corrected chi connectivity index (χ3v) is 3.14. The predicted molar refractivity (Wildman–Crippen MR) is 65.5 cm³/mol. The Bertz CT molecular complexity index is 551. The molecule has 0 saturated carbocycles. The third kappa shape index (κ3) is 2.49. The number of hydrogen-bond donors (Lipinski definition) is 0. The average Bonchev–Trinajstić information content (AvgIpc) is 2.61. The maximum absolute atomic E-state index is 11.8. The van der Waals surface area contributed by atoms with E-state index < -0.39 is 18.2 Å². The first kappa shape index (κ1) is 12.9. The molecule has 1 unspecified atom stereocenters. The van der Waals surface area contributed by atoms with Gasteiger partial charge in [0.1, 0.15) is 0 Å². The van der Waals surface area contributed by atoms with Gasteiger partial charge in [0.05, 0.1) is 15.6 Å². The van der Waals surface area contributed by atoms with Crippen molar-refractivity contribution in [2.24, 2.45) is 0 Å². The number of cyclic esters (lactones) is 1. The van der Waals surface area contributed by atoms with Crippen LogP contribution in [0.15, 0.2) is 29.8 Å². The molecule has 0 N–H and O–H groups in total. The van der Waals surface area contributed by atoms with Crippen LogP contribution in [0.1, 0.15) is 17.3 Å². The lowest BCUT2D eigenvalue weighted by molar-refractivity contribution is -0.151. The quantitative estimate of drug-likeness (QED) is 0.785. The van der Waals surface area contributed by atoms with E-state index in [-0.39, 0.29) is 15.6 Å². The van der Waals surface area contributed by atoms with Crippen LogP contribution in [0.25, 0.3) is 0 Å². The summed E-state index contributed by atoms with van der Waals surface area (Å²) in [6.45, 7) is 1.57. The second-order valence-electron chi connectivity index (χ2n) is 3.63. The van der Waals surface area contributed by atoms with Crippen LogP contribution in [0.5, 0.6) is 0 Å². The Kier molecular flexibility index (Phi) is 3.59. The molecule has 1 aromatic carbocycles. The normalized spacial score (nSPS) is 18.3. The maximum atomic E-state index is 11.8. The van der Waals surface area contributed by atoms with Crippen LogP contribution in [0.2, 0.25) is 10.0 Å². The second kappa shape index (κ2) is 5.00. The molecule has 0 spiro atoms. The first-order chi connectivity index (χ1) is 8.49. The first-order valence-corrected chi connectivity index (χ1v) is 5.79. The van der Waals surface area contributed by atoms with Gasteiger partial charge in [-0.3, -0.25) is 0 Å². The van der Waals surface area contributed by atoms with E-state index in [0.717, 1.165) is 0 Å². The number of esters is 2. The summed E-state index contributed by atoms with van der Waals surface area (Å²) in [6, 6.07) is 4.61. The van der Waals surface area contributed by atoms with E-state index in [1.165, 1.54) is 12.1 Å². The molecule has 0 aliphatic carbocycles. The fraction of sp³-hybridized carbons (Fsp3) is 0.167. The Labute approximate surface area is 113 Å². The number of carbonyl (C=O) groups is 2. The van der Waals surface area contributed by atoms with Crippen LogP contribution in [-0.4, -0.2) is 18.2 Å². The second-order valence-corrected chi connectivity index (χ2v) is 4.42. The summed E-state index contributed by atoms with van der Waals surface area (Å²) >= 11 is 11.7. The summed E-state index contributed by atoms with van der Waals surface area (Å²) in [5.74, 6) is -1.21. The van der Waals surface area contributed by atoms with Crippen molar-refractivity contribution in [3.8, 4) is 0 Å². The van der Waals surface area contributed by atoms with Crippen LogP contribution in [0.4, 0.5) is 0 Å². The van der Waals surface area contributed by atoms with Crippen LogP contribution in [0.3, 0.4) is 0 Å². The fourth-order valence-electron chi connectivity index (χ4n) is 1.39. The van der Waals surface area contributed by atoms with Crippen molar-refractivity contribution in [3.63, 3.8) is 0 Å². The van der Waals surface area contributed by atoms with Crippen molar-refractivity contribution < 1.29 is 19.1 Å². The summed E-state index contributed by atoms with van der Waals surface area (Å²) < 4.78 is 9.76. The van der Waals surface area contributed by atoms with Gasteiger partial charge in [-0.1, -0.05) is 29.3 Å². The Morgan fingerprint density at radius 3 is 2.72 bits per heavy atom. The van der Waals surface area contributed by atoms with Crippen molar-refractivity contribution in [2.45, 2.75) is 13.2 Å². The monoisotopic (exact) mass is 286 g/mol. The van der Waals surface area contributed by atoms with Crippen molar-refractivity contribution >= 4 is 35.1 Å². The molecule has 0 fully saturated rings. The molecule has 6 heteroatoms. The minimum atomic E-state index is -1.01. The summed E-state index contributed by atoms with van der Waals surface area (Å²) in [5.41, 5.74) is 0.517. The Balaban J connectivity index is 2.14. The first-order valence-electron chi connectivity index (χ1n) is 5.03. The Morgan fingerprint density at radius 1 is 1.39 bits per heavy atom. The van der Waals surface area contributed by atoms with Crippen LogP contribution in [0, 0.1) is 0 Å². The van der Waals surface area contributed by atoms with E-state index in [4.69, 9.17) is 32.7 Å². The lowest BCUT2D eigenvalue weighted by atomic mass is 10.2. The molecular weight excluding hydrogens is 279 g/mol. The molecule has 18 heavy (non-hydrogen) atoms. The van der Waals surface area contributed by atoms with Gasteiger partial charge in [0.15, 0.2) is 0 Å². The molecule has 0 saturated heterocycles. The van der Waals surface area contributed by atoms with Crippen molar-refractivity contribution in [3.05, 3.63) is 45.5 Å². The van der Waals surface area contributed by atoms with Crippen LogP contribution < -0.4 is 0 Å². The standard InChI is InChI=1S/C12H8Cl2O4/c1-6-5-9(17-11(6)15)18-12(16)7-3-2-4-8(13)10(7)14/h2-5,9H,1H3. The van der Waals surface area contributed by atoms with E-state index in [2.05, 4.69) is 0 Å². The molecule has 4 nitrogen and oxygen atoms in total. The molecule has 1 heterocycles. The number of rotatable bonds is 2. The molecule has 1 atom stereocenters. The largest absolute Gasteiger partial charge is 0.418 e. The van der Waals surface area contributed by atoms with E-state index in [9.17, 15) is 9.59 Å². The van der Waals surface area contributed by atoms with Gasteiger partial charge in [-0.05, 0) is 19.1 Å². The molecule has 1 aromatic rings. The number of ether oxygens (including phenoxy) is 2. The van der Waals surface area contributed by atoms with Crippen LogP contribution in [-0.2, 0) is 14.3 Å². The smallest absolute Gasteiger partial charge is 0.343 e. The van der Waals surface area contributed by atoms with Crippen LogP contribution >= 0.6 is 23.2 Å². The van der Waals surface area contributed by atoms with Crippen molar-refractivity contribution in [1.82, 2.24) is 0 Å². The Hall–Kier alpha value is -1.52. The number of carbonyl (C=O) groups excluding carboxylic acids is 2. The molecule has 1 aliphatic heterocycles. The highest BCUT2D eigenvalue weighted by atomic mass is 35.5. The van der Waals surface area contributed by atoms with Gasteiger partial charge >= 0.3 is 11.9 Å². The molecule has 0 radical (unpaired) electrons. The van der Waals surface area contributed by atoms with E-state index in [1.807, 2.05) is 0 Å². The topological polar surface area (TPSA) is 52.6 Å². The highest BCUT2D eigenvalue weighted by Gasteiger charge is 2.26. The number of benzene rings is 1. The zero-order valence-corrected chi connectivity index (χ0v) is 10.8. The molecular formula is C12H8Cl2O4. The number of hydrogen-bond acceptors (Lipinski definition) is 4. The summed E-state index contributed by atoms with van der Waals surface area (Å²) in [7, 11) is 0. The molecule has 2 rings (SSSR count). The Morgan fingerprint density at radius 2 is 2.11 bits per heavy atom. The SMILES string of the molecule is CC1=CC(OC(=O)c2cccc(Cl)c2Cl)OC1=O. The van der Waals surface area contributed by atoms with Gasteiger partial charge in [0, 0.05) is 11.6 Å². The number of halogens is 2. The minimum Gasteiger partial charge on any atom is -0.418 e. The van der Waals surface area contributed by atoms with E-state index in [1.54, 1.807) is 19.1 Å². The molecule has 0 bridgehead atoms. The van der Waals surface area contributed by atoms with Gasteiger partial charge in [-0.15, -0.1) is 0 Å². The van der Waals surface area contributed by atoms with Gasteiger partial charge in [-0.25, -0.2) is 9.59 Å². The highest BCUT2D eigenvalue weighted by molar-refractivity contribution is 6.43. The van der Waals surface area contributed by atoms with Gasteiger partial charge in [0.2, 0.25) is 0 Å². The summed E-state index contributed by atoms with van der Waals surface area (Å²) in [6.07, 6.45) is 0.402.